The van der Waals surface area contributed by atoms with Crippen molar-refractivity contribution in [1.29, 1.82) is 0 Å². The number of aromatic nitrogens is 2. The molecule has 2 N–H and O–H groups in total. The number of carbonyl (C=O) groups is 1. The molecule has 0 atom stereocenters. The van der Waals surface area contributed by atoms with Crippen molar-refractivity contribution in [3.05, 3.63) is 78.5 Å². The number of hydrogen-bond donors (Lipinski definition) is 2. The second-order valence-corrected chi connectivity index (χ2v) is 7.30. The molecule has 4 rings (SSSR count). The quantitative estimate of drug-likeness (QED) is 0.522. The van der Waals surface area contributed by atoms with Crippen LogP contribution in [0.3, 0.4) is 0 Å². The van der Waals surface area contributed by atoms with Gasteiger partial charge in [0.25, 0.3) is 0 Å². The zero-order valence-electron chi connectivity index (χ0n) is 16.8. The van der Waals surface area contributed by atoms with E-state index >= 15 is 0 Å². The molecule has 30 heavy (non-hydrogen) atoms. The Morgan fingerprint density at radius 1 is 1.00 bits per heavy atom. The minimum Gasteiger partial charge on any atom is -0.508 e. The maximum Gasteiger partial charge on any atom is 0.226 e. The number of amides is 1. The van der Waals surface area contributed by atoms with E-state index in [1.165, 1.54) is 0 Å². The number of likely N-dealkylation sites (N-methyl/N-ethyl adjacent to an activating group) is 1. The van der Waals surface area contributed by atoms with Crippen LogP contribution in [-0.4, -0.2) is 40.2 Å². The van der Waals surface area contributed by atoms with Gasteiger partial charge >= 0.3 is 0 Å². The highest BCUT2D eigenvalue weighted by molar-refractivity contribution is 6.01. The van der Waals surface area contributed by atoms with Gasteiger partial charge in [0.2, 0.25) is 5.91 Å². The number of carbonyl (C=O) groups excluding carboxylic acids is 1. The molecule has 0 aliphatic heterocycles. The third kappa shape index (κ3) is 4.07. The topological polar surface area (TPSA) is 78.4 Å². The van der Waals surface area contributed by atoms with Gasteiger partial charge in [-0.2, -0.15) is 5.10 Å². The second kappa shape index (κ2) is 8.21. The van der Waals surface area contributed by atoms with E-state index in [0.29, 0.717) is 12.2 Å². The summed E-state index contributed by atoms with van der Waals surface area (Å²) in [7, 11) is 3.52. The van der Waals surface area contributed by atoms with Crippen LogP contribution in [0, 0.1) is 0 Å². The van der Waals surface area contributed by atoms with Crippen LogP contribution in [0.4, 0.5) is 11.5 Å². The fraction of sp³-hybridized carbons (Fsp3) is 0.125. The van der Waals surface area contributed by atoms with Crippen molar-refractivity contribution in [2.24, 2.45) is 0 Å². The number of rotatable bonds is 5. The Kier molecular flexibility index (Phi) is 5.30. The minimum atomic E-state index is 0.0749. The molecule has 1 aromatic heterocycles. The first kappa shape index (κ1) is 19.4. The molecule has 4 aromatic rings. The third-order valence-electron chi connectivity index (χ3n) is 4.93. The first-order valence-electron chi connectivity index (χ1n) is 9.61. The second-order valence-electron chi connectivity index (χ2n) is 7.30. The smallest absolute Gasteiger partial charge is 0.226 e. The standard InChI is InChI=1S/C24H22N4O2/c1-28(2)23(30)13-16-9-11-17(12-10-16)20-7-4-8-21-22(20)15-25-27-24(21)26-18-5-3-6-19(29)14-18/h3-12,14-15,29H,13H2,1-2H3,(H,26,27). The van der Waals surface area contributed by atoms with Crippen molar-refractivity contribution in [2.75, 3.05) is 19.4 Å². The maximum atomic E-state index is 11.9. The predicted octanol–water partition coefficient (Wildman–Crippen LogP) is 4.38. The van der Waals surface area contributed by atoms with Crippen LogP contribution in [0.1, 0.15) is 5.56 Å². The minimum absolute atomic E-state index is 0.0749. The zero-order valence-corrected chi connectivity index (χ0v) is 16.8. The highest BCUT2D eigenvalue weighted by Gasteiger charge is 2.11. The summed E-state index contributed by atoms with van der Waals surface area (Å²) in [6.07, 6.45) is 2.13. The van der Waals surface area contributed by atoms with E-state index in [9.17, 15) is 9.90 Å². The number of benzene rings is 3. The van der Waals surface area contributed by atoms with E-state index < -0.39 is 0 Å². The molecule has 0 radical (unpaired) electrons. The average Bonchev–Trinajstić information content (AvgIpc) is 2.74. The largest absolute Gasteiger partial charge is 0.508 e. The van der Waals surface area contributed by atoms with Crippen LogP contribution in [0.2, 0.25) is 0 Å². The Morgan fingerprint density at radius 2 is 1.77 bits per heavy atom. The molecule has 1 amide bonds. The van der Waals surface area contributed by atoms with Gasteiger partial charge in [-0.15, -0.1) is 5.10 Å². The van der Waals surface area contributed by atoms with Gasteiger partial charge in [-0.25, -0.2) is 0 Å². The number of hydrogen-bond acceptors (Lipinski definition) is 5. The van der Waals surface area contributed by atoms with Crippen molar-refractivity contribution in [2.45, 2.75) is 6.42 Å². The van der Waals surface area contributed by atoms with Crippen molar-refractivity contribution in [1.82, 2.24) is 15.1 Å². The van der Waals surface area contributed by atoms with E-state index in [1.54, 1.807) is 43.4 Å². The lowest BCUT2D eigenvalue weighted by molar-refractivity contribution is -0.127. The molecule has 150 valence electrons. The average molecular weight is 398 g/mol. The number of anilines is 2. The Bertz CT molecular complexity index is 1200. The van der Waals surface area contributed by atoms with Crippen molar-refractivity contribution >= 4 is 28.2 Å². The molecule has 0 saturated carbocycles. The van der Waals surface area contributed by atoms with Gasteiger partial charge in [0.05, 0.1) is 12.6 Å². The zero-order chi connectivity index (χ0) is 21.1. The summed E-state index contributed by atoms with van der Waals surface area (Å²) in [5.41, 5.74) is 3.78. The molecule has 0 bridgehead atoms. The van der Waals surface area contributed by atoms with E-state index in [4.69, 9.17) is 0 Å². The first-order valence-corrected chi connectivity index (χ1v) is 9.61. The molecule has 6 nitrogen and oxygen atoms in total. The lowest BCUT2D eigenvalue weighted by Gasteiger charge is -2.12. The van der Waals surface area contributed by atoms with Gasteiger partial charge in [0, 0.05) is 36.6 Å². The van der Waals surface area contributed by atoms with Crippen molar-refractivity contribution in [3.63, 3.8) is 0 Å². The summed E-state index contributed by atoms with van der Waals surface area (Å²) in [4.78, 5) is 13.5. The normalized spacial score (nSPS) is 10.7. The summed E-state index contributed by atoms with van der Waals surface area (Å²) in [6.45, 7) is 0. The Labute approximate surface area is 174 Å². The highest BCUT2D eigenvalue weighted by Crippen LogP contribution is 2.32. The van der Waals surface area contributed by atoms with Crippen molar-refractivity contribution in [3.8, 4) is 16.9 Å². The van der Waals surface area contributed by atoms with E-state index in [2.05, 4.69) is 15.5 Å². The number of nitrogens with zero attached hydrogens (tertiary/aromatic N) is 3. The molecule has 6 heteroatoms. The van der Waals surface area contributed by atoms with Gasteiger partial charge in [0.1, 0.15) is 5.75 Å². The Hall–Kier alpha value is -3.93. The maximum absolute atomic E-state index is 11.9. The number of aromatic hydroxyl groups is 1. The fourth-order valence-electron chi connectivity index (χ4n) is 3.31. The molecule has 0 spiro atoms. The third-order valence-corrected chi connectivity index (χ3v) is 4.93. The predicted molar refractivity (Wildman–Crippen MR) is 119 cm³/mol. The summed E-state index contributed by atoms with van der Waals surface area (Å²) < 4.78 is 0. The lowest BCUT2D eigenvalue weighted by atomic mass is 9.98. The van der Waals surface area contributed by atoms with Crippen LogP contribution >= 0.6 is 0 Å². The SMILES string of the molecule is CN(C)C(=O)Cc1ccc(-c2cccc3c(Nc4cccc(O)c4)nncc23)cc1. The van der Waals surface area contributed by atoms with E-state index in [0.717, 1.165) is 33.2 Å². The molecule has 0 saturated heterocycles. The van der Waals surface area contributed by atoms with Crippen LogP contribution in [0.15, 0.2) is 72.9 Å². The van der Waals surface area contributed by atoms with Gasteiger partial charge in [0.15, 0.2) is 5.82 Å². The van der Waals surface area contributed by atoms with E-state index in [-0.39, 0.29) is 11.7 Å². The molecule has 1 heterocycles. The number of phenols is 1. The van der Waals surface area contributed by atoms with Gasteiger partial charge in [-0.3, -0.25) is 4.79 Å². The monoisotopic (exact) mass is 398 g/mol. The molecular formula is C24H22N4O2. The first-order chi connectivity index (χ1) is 14.5. The molecule has 0 unspecified atom stereocenters. The number of fused-ring (bicyclic) bond motifs is 1. The van der Waals surface area contributed by atoms with E-state index in [1.807, 2.05) is 48.5 Å². The summed E-state index contributed by atoms with van der Waals surface area (Å²) in [5, 5.41) is 23.2. The fourth-order valence-corrected chi connectivity index (χ4v) is 3.31. The lowest BCUT2D eigenvalue weighted by Crippen LogP contribution is -2.23. The molecule has 3 aromatic carbocycles. The highest BCUT2D eigenvalue weighted by atomic mass is 16.3. The van der Waals surface area contributed by atoms with Gasteiger partial charge in [-0.1, -0.05) is 48.5 Å². The van der Waals surface area contributed by atoms with Gasteiger partial charge < -0.3 is 15.3 Å². The van der Waals surface area contributed by atoms with Crippen LogP contribution in [0.5, 0.6) is 5.75 Å². The van der Waals surface area contributed by atoms with Crippen LogP contribution < -0.4 is 5.32 Å². The van der Waals surface area contributed by atoms with Crippen LogP contribution in [0.25, 0.3) is 21.9 Å². The Morgan fingerprint density at radius 3 is 2.50 bits per heavy atom. The van der Waals surface area contributed by atoms with Gasteiger partial charge in [-0.05, 0) is 28.8 Å². The molecular weight excluding hydrogens is 376 g/mol. The molecule has 0 fully saturated rings. The number of nitrogens with one attached hydrogen (secondary N) is 1. The summed E-state index contributed by atoms with van der Waals surface area (Å²) in [5.74, 6) is 0.876. The number of phenolic OH excluding ortho intramolecular Hbond substituents is 1. The molecule has 0 aliphatic rings. The molecule has 0 aliphatic carbocycles. The summed E-state index contributed by atoms with van der Waals surface area (Å²) >= 11 is 0. The summed E-state index contributed by atoms with van der Waals surface area (Å²) in [6, 6.07) is 20.9. The Balaban J connectivity index is 1.68. The van der Waals surface area contributed by atoms with Crippen LogP contribution in [-0.2, 0) is 11.2 Å². The van der Waals surface area contributed by atoms with Crippen molar-refractivity contribution < 1.29 is 9.90 Å².